The summed E-state index contributed by atoms with van der Waals surface area (Å²) in [7, 11) is 0. The number of rotatable bonds is 10. The Morgan fingerprint density at radius 1 is 0.533 bits per heavy atom. The van der Waals surface area contributed by atoms with Crippen molar-refractivity contribution >= 4 is 34.6 Å². The van der Waals surface area contributed by atoms with E-state index in [1.54, 1.807) is 24.3 Å². The van der Waals surface area contributed by atoms with Crippen LogP contribution in [0.2, 0.25) is 0 Å². The standard InChI is InChI=1S/C37H26O6S2/c38-35(39)33-19-17-27(44-33)21-42-25-13-9-23(10-14-25)37(31-7-3-1-5-29(31)30-6-2-4-8-32(30)37)24-11-15-26(16-12-24)43-22-28-18-20-34(45-28)36(40)41/h1-20H,21-22H2,(H,38,39)(H,40,41). The van der Waals surface area contributed by atoms with Gasteiger partial charge < -0.3 is 19.7 Å². The van der Waals surface area contributed by atoms with Gasteiger partial charge in [0.05, 0.1) is 5.41 Å². The van der Waals surface area contributed by atoms with Crippen molar-refractivity contribution in [2.24, 2.45) is 0 Å². The van der Waals surface area contributed by atoms with E-state index in [4.69, 9.17) is 9.47 Å². The average molecular weight is 631 g/mol. The molecule has 2 N–H and O–H groups in total. The van der Waals surface area contributed by atoms with Gasteiger partial charge in [-0.05, 0) is 81.9 Å². The minimum absolute atomic E-state index is 0.290. The lowest BCUT2D eigenvalue weighted by atomic mass is 9.68. The molecular weight excluding hydrogens is 605 g/mol. The average Bonchev–Trinajstić information content (AvgIpc) is 3.81. The molecular formula is C37H26O6S2. The van der Waals surface area contributed by atoms with Crippen molar-refractivity contribution in [1.82, 2.24) is 0 Å². The summed E-state index contributed by atoms with van der Waals surface area (Å²) in [6.45, 7) is 0.581. The van der Waals surface area contributed by atoms with Crippen molar-refractivity contribution in [2.45, 2.75) is 18.6 Å². The molecule has 7 rings (SSSR count). The Hall–Kier alpha value is -5.18. The Labute approximate surface area is 267 Å². The van der Waals surface area contributed by atoms with Gasteiger partial charge in [0.15, 0.2) is 0 Å². The highest BCUT2D eigenvalue weighted by atomic mass is 32.1. The van der Waals surface area contributed by atoms with Gasteiger partial charge in [-0.3, -0.25) is 0 Å². The summed E-state index contributed by atoms with van der Waals surface area (Å²) in [5.74, 6) is -0.479. The van der Waals surface area contributed by atoms with Crippen LogP contribution in [-0.4, -0.2) is 22.2 Å². The second-order valence-corrected chi connectivity index (χ2v) is 12.9. The fraction of sp³-hybridized carbons (Fsp3) is 0.0811. The third-order valence-corrected chi connectivity index (χ3v) is 10.1. The molecule has 0 amide bonds. The summed E-state index contributed by atoms with van der Waals surface area (Å²) < 4.78 is 12.1. The molecule has 0 bridgehead atoms. The maximum atomic E-state index is 11.3. The first-order chi connectivity index (χ1) is 21.9. The van der Waals surface area contributed by atoms with E-state index in [9.17, 15) is 19.8 Å². The summed E-state index contributed by atoms with van der Waals surface area (Å²) in [6, 6.07) is 40.1. The SMILES string of the molecule is O=C(O)c1ccc(COc2ccc(C3(c4ccc(OCc5ccc(C(=O)O)s5)cc4)c4ccccc4-c4ccccc43)cc2)s1. The van der Waals surface area contributed by atoms with Crippen molar-refractivity contribution in [3.05, 3.63) is 163 Å². The number of carbonyl (C=O) groups is 2. The van der Waals surface area contributed by atoms with E-state index >= 15 is 0 Å². The molecule has 2 heterocycles. The van der Waals surface area contributed by atoms with Gasteiger partial charge in [0.25, 0.3) is 0 Å². The van der Waals surface area contributed by atoms with Crippen molar-refractivity contribution in [3.8, 4) is 22.6 Å². The molecule has 0 saturated carbocycles. The van der Waals surface area contributed by atoms with Crippen LogP contribution in [0.15, 0.2) is 121 Å². The van der Waals surface area contributed by atoms with Gasteiger partial charge in [-0.25, -0.2) is 9.59 Å². The Balaban J connectivity index is 1.23. The molecule has 4 aromatic carbocycles. The van der Waals surface area contributed by atoms with Gasteiger partial charge in [0.1, 0.15) is 34.5 Å². The first-order valence-electron chi connectivity index (χ1n) is 14.2. The molecule has 1 aliphatic carbocycles. The third kappa shape index (κ3) is 5.18. The number of fused-ring (bicyclic) bond motifs is 3. The Kier molecular flexibility index (Phi) is 7.45. The quantitative estimate of drug-likeness (QED) is 0.157. The van der Waals surface area contributed by atoms with E-state index in [0.29, 0.717) is 34.5 Å². The number of aromatic carboxylic acids is 2. The van der Waals surface area contributed by atoms with Gasteiger partial charge in [-0.2, -0.15) is 0 Å². The molecule has 0 spiro atoms. The summed E-state index contributed by atoms with van der Waals surface area (Å²) >= 11 is 2.43. The van der Waals surface area contributed by atoms with E-state index in [1.807, 2.05) is 24.3 Å². The highest BCUT2D eigenvalue weighted by Crippen LogP contribution is 2.56. The second-order valence-electron chi connectivity index (χ2n) is 10.6. The first-order valence-corrected chi connectivity index (χ1v) is 15.9. The van der Waals surface area contributed by atoms with Crippen molar-refractivity contribution in [1.29, 1.82) is 0 Å². The topological polar surface area (TPSA) is 93.1 Å². The molecule has 0 unspecified atom stereocenters. The minimum Gasteiger partial charge on any atom is -0.488 e. The summed E-state index contributed by atoms with van der Waals surface area (Å²) in [5.41, 5.74) is 6.34. The van der Waals surface area contributed by atoms with E-state index in [2.05, 4.69) is 72.8 Å². The monoisotopic (exact) mass is 630 g/mol. The number of thiophene rings is 2. The number of ether oxygens (including phenoxy) is 2. The second kappa shape index (κ2) is 11.7. The predicted molar refractivity (Wildman–Crippen MR) is 175 cm³/mol. The molecule has 2 aromatic heterocycles. The van der Waals surface area contributed by atoms with Gasteiger partial charge in [-0.1, -0.05) is 72.8 Å². The zero-order valence-electron chi connectivity index (χ0n) is 23.8. The largest absolute Gasteiger partial charge is 0.488 e. The summed E-state index contributed by atoms with van der Waals surface area (Å²) in [6.07, 6.45) is 0. The van der Waals surface area contributed by atoms with Gasteiger partial charge in [0.2, 0.25) is 0 Å². The fourth-order valence-electron chi connectivity index (χ4n) is 6.08. The van der Waals surface area contributed by atoms with Crippen LogP contribution in [0.4, 0.5) is 0 Å². The number of carboxylic acids is 2. The maximum Gasteiger partial charge on any atom is 0.345 e. The summed E-state index contributed by atoms with van der Waals surface area (Å²) in [5, 5.41) is 18.5. The molecule has 0 atom stereocenters. The first kappa shape index (κ1) is 28.6. The molecule has 1 aliphatic rings. The van der Waals surface area contributed by atoms with Crippen LogP contribution >= 0.6 is 22.7 Å². The third-order valence-electron chi connectivity index (χ3n) is 8.03. The van der Waals surface area contributed by atoms with Gasteiger partial charge in [-0.15, -0.1) is 22.7 Å². The fourth-order valence-corrected chi connectivity index (χ4v) is 7.60. The van der Waals surface area contributed by atoms with Crippen LogP contribution in [0.25, 0.3) is 11.1 Å². The molecule has 8 heteroatoms. The Morgan fingerprint density at radius 3 is 1.31 bits per heavy atom. The van der Waals surface area contributed by atoms with Gasteiger partial charge in [0, 0.05) is 9.75 Å². The van der Waals surface area contributed by atoms with Crippen LogP contribution in [0.3, 0.4) is 0 Å². The Bertz CT molecular complexity index is 1870. The lowest BCUT2D eigenvalue weighted by Gasteiger charge is -2.34. The number of carboxylic acid groups (broad SMARTS) is 2. The number of benzene rings is 4. The predicted octanol–water partition coefficient (Wildman–Crippen LogP) is 8.73. The van der Waals surface area contributed by atoms with Crippen LogP contribution in [0, 0.1) is 0 Å². The molecule has 0 aliphatic heterocycles. The molecule has 0 radical (unpaired) electrons. The normalized spacial score (nSPS) is 12.7. The molecule has 0 saturated heterocycles. The Morgan fingerprint density at radius 2 is 0.933 bits per heavy atom. The van der Waals surface area contributed by atoms with E-state index < -0.39 is 17.4 Å². The van der Waals surface area contributed by atoms with E-state index in [0.717, 1.165) is 20.9 Å². The zero-order chi connectivity index (χ0) is 31.0. The summed E-state index contributed by atoms with van der Waals surface area (Å²) in [4.78, 5) is 24.8. The van der Waals surface area contributed by atoms with Crippen LogP contribution < -0.4 is 9.47 Å². The zero-order valence-corrected chi connectivity index (χ0v) is 25.4. The highest BCUT2D eigenvalue weighted by molar-refractivity contribution is 7.14. The minimum atomic E-state index is -0.936. The van der Waals surface area contributed by atoms with Crippen LogP contribution in [-0.2, 0) is 18.6 Å². The number of hydrogen-bond donors (Lipinski definition) is 2. The van der Waals surface area contributed by atoms with Gasteiger partial charge >= 0.3 is 11.9 Å². The van der Waals surface area contributed by atoms with Crippen molar-refractivity contribution in [3.63, 3.8) is 0 Å². The molecule has 45 heavy (non-hydrogen) atoms. The molecule has 6 aromatic rings. The molecule has 6 nitrogen and oxygen atoms in total. The van der Waals surface area contributed by atoms with E-state index in [1.165, 1.54) is 44.9 Å². The smallest absolute Gasteiger partial charge is 0.345 e. The number of hydrogen-bond acceptors (Lipinski definition) is 6. The lowest BCUT2D eigenvalue weighted by Crippen LogP contribution is -2.28. The van der Waals surface area contributed by atoms with Crippen LogP contribution in [0.1, 0.15) is 51.4 Å². The highest BCUT2D eigenvalue weighted by Gasteiger charge is 2.45. The lowest BCUT2D eigenvalue weighted by molar-refractivity contribution is 0.0691. The molecule has 222 valence electrons. The van der Waals surface area contributed by atoms with E-state index in [-0.39, 0.29) is 0 Å². The van der Waals surface area contributed by atoms with Crippen molar-refractivity contribution < 1.29 is 29.3 Å². The van der Waals surface area contributed by atoms with Crippen LogP contribution in [0.5, 0.6) is 11.5 Å². The van der Waals surface area contributed by atoms with Crippen molar-refractivity contribution in [2.75, 3.05) is 0 Å². The molecule has 0 fully saturated rings. The maximum absolute atomic E-state index is 11.3.